The first kappa shape index (κ1) is 28.2. The highest BCUT2D eigenvalue weighted by Crippen LogP contribution is 2.40. The Balaban J connectivity index is 1.07. The molecule has 11 rings (SSSR count). The molecule has 1 aliphatic rings. The highest BCUT2D eigenvalue weighted by molar-refractivity contribution is 6.17. The summed E-state index contributed by atoms with van der Waals surface area (Å²) in [4.78, 5) is 5.32. The fraction of sp³-hybridized carbons (Fsp3) is 0.0444. The molecule has 7 aromatic carbocycles. The summed E-state index contributed by atoms with van der Waals surface area (Å²) in [6.07, 6.45) is -0.511. The van der Waals surface area contributed by atoms with Gasteiger partial charge in [-0.05, 0) is 59.2 Å². The molecule has 0 saturated carbocycles. The Labute approximate surface area is 291 Å². The first-order valence-electron chi connectivity index (χ1n) is 17.2. The highest BCUT2D eigenvalue weighted by Gasteiger charge is 2.28. The van der Waals surface area contributed by atoms with Crippen LogP contribution in [0.5, 0.6) is 0 Å². The topological polar surface area (TPSA) is 75.8 Å². The Morgan fingerprint density at radius 3 is 1.76 bits per heavy atom. The standard InChI is InChI=1S/C45H29N3O3/c1-2-10-26(11-3-1)43-46-44(28-21-23-40-36(25-28)31-13-5-7-19-38(31)50-40)48-45(47-43)34-17-9-16-33-32-15-8-14-29(41(32)51-42(33)34)27-20-22-39-35(24-27)30-12-4-6-18-37(30)49-39/h1-25,43-44,46H,(H,47,48). The molecule has 0 amide bonds. The molecule has 0 radical (unpaired) electrons. The molecule has 0 saturated heterocycles. The minimum absolute atomic E-state index is 0.188. The molecule has 242 valence electrons. The molecular weight excluding hydrogens is 631 g/mol. The number of para-hydroxylation sites is 4. The number of nitrogens with zero attached hydrogens (tertiary/aromatic N) is 1. The van der Waals surface area contributed by atoms with E-state index in [0.29, 0.717) is 0 Å². The first-order valence-corrected chi connectivity index (χ1v) is 17.2. The van der Waals surface area contributed by atoms with Crippen molar-refractivity contribution >= 4 is 71.7 Å². The van der Waals surface area contributed by atoms with Crippen LogP contribution in [0, 0.1) is 0 Å². The molecule has 3 aromatic heterocycles. The third-order valence-corrected chi connectivity index (χ3v) is 10.2. The van der Waals surface area contributed by atoms with E-state index in [1.54, 1.807) is 0 Å². The number of hydrogen-bond donors (Lipinski definition) is 2. The van der Waals surface area contributed by atoms with Gasteiger partial charge in [-0.15, -0.1) is 0 Å². The highest BCUT2D eigenvalue weighted by atomic mass is 16.3. The zero-order chi connectivity index (χ0) is 33.5. The lowest BCUT2D eigenvalue weighted by Gasteiger charge is -2.32. The number of fused-ring (bicyclic) bond motifs is 9. The summed E-state index contributed by atoms with van der Waals surface area (Å²) in [6.45, 7) is 0. The molecule has 0 bridgehead atoms. The van der Waals surface area contributed by atoms with Gasteiger partial charge in [-0.2, -0.15) is 0 Å². The zero-order valence-electron chi connectivity index (χ0n) is 27.3. The summed E-state index contributed by atoms with van der Waals surface area (Å²) in [6, 6.07) is 52.2. The largest absolute Gasteiger partial charge is 0.456 e. The minimum Gasteiger partial charge on any atom is -0.456 e. The van der Waals surface area contributed by atoms with E-state index in [1.165, 1.54) is 0 Å². The van der Waals surface area contributed by atoms with Crippen LogP contribution >= 0.6 is 0 Å². The second-order valence-electron chi connectivity index (χ2n) is 13.2. The number of aliphatic imine (C=N–C) groups is 1. The Morgan fingerprint density at radius 1 is 0.431 bits per heavy atom. The molecule has 2 atom stereocenters. The third kappa shape index (κ3) is 4.43. The van der Waals surface area contributed by atoms with Crippen molar-refractivity contribution in [2.24, 2.45) is 4.99 Å². The molecule has 10 aromatic rings. The summed E-state index contributed by atoms with van der Waals surface area (Å²) in [5, 5.41) is 13.9. The predicted molar refractivity (Wildman–Crippen MR) is 205 cm³/mol. The SMILES string of the molecule is c1ccc(C2NC(c3cccc4c3oc3c(-c5ccc6oc7ccccc7c6c5)cccc34)=NC(c3ccc4oc5ccccc5c4c3)N2)cc1. The second kappa shape index (κ2) is 10.9. The minimum atomic E-state index is -0.323. The van der Waals surface area contributed by atoms with Gasteiger partial charge in [0.25, 0.3) is 0 Å². The van der Waals surface area contributed by atoms with Gasteiger partial charge in [0.1, 0.15) is 51.7 Å². The lowest BCUT2D eigenvalue weighted by molar-refractivity contribution is 0.409. The van der Waals surface area contributed by atoms with E-state index in [2.05, 4.69) is 114 Å². The molecule has 0 fully saturated rings. The smallest absolute Gasteiger partial charge is 0.146 e. The Hall–Kier alpha value is -6.63. The van der Waals surface area contributed by atoms with Crippen molar-refractivity contribution in [3.8, 4) is 11.1 Å². The molecule has 0 aliphatic carbocycles. The lowest BCUT2D eigenvalue weighted by Crippen LogP contribution is -2.45. The lowest BCUT2D eigenvalue weighted by atomic mass is 10.00. The van der Waals surface area contributed by atoms with Crippen LogP contribution in [-0.2, 0) is 0 Å². The summed E-state index contributed by atoms with van der Waals surface area (Å²) in [5.74, 6) is 0.766. The van der Waals surface area contributed by atoms with E-state index < -0.39 is 0 Å². The fourth-order valence-electron chi connectivity index (χ4n) is 7.72. The molecule has 2 N–H and O–H groups in total. The maximum Gasteiger partial charge on any atom is 0.146 e. The van der Waals surface area contributed by atoms with Gasteiger partial charge < -0.3 is 18.6 Å². The summed E-state index contributed by atoms with van der Waals surface area (Å²) < 4.78 is 19.2. The number of amidine groups is 1. The van der Waals surface area contributed by atoms with Crippen molar-refractivity contribution in [2.75, 3.05) is 0 Å². The van der Waals surface area contributed by atoms with E-state index in [1.807, 2.05) is 48.5 Å². The predicted octanol–water partition coefficient (Wildman–Crippen LogP) is 11.4. The van der Waals surface area contributed by atoms with Crippen molar-refractivity contribution in [1.29, 1.82) is 0 Å². The molecule has 51 heavy (non-hydrogen) atoms. The molecule has 6 nitrogen and oxygen atoms in total. The third-order valence-electron chi connectivity index (χ3n) is 10.2. The van der Waals surface area contributed by atoms with E-state index in [4.69, 9.17) is 18.2 Å². The van der Waals surface area contributed by atoms with Gasteiger partial charge in [0.2, 0.25) is 0 Å². The van der Waals surface area contributed by atoms with Crippen LogP contribution in [0.1, 0.15) is 29.0 Å². The van der Waals surface area contributed by atoms with Gasteiger partial charge in [0, 0.05) is 37.9 Å². The van der Waals surface area contributed by atoms with Crippen molar-refractivity contribution in [1.82, 2.24) is 10.6 Å². The van der Waals surface area contributed by atoms with Gasteiger partial charge in [-0.3, -0.25) is 5.32 Å². The second-order valence-corrected chi connectivity index (χ2v) is 13.2. The Morgan fingerprint density at radius 2 is 1.02 bits per heavy atom. The molecule has 4 heterocycles. The number of furan rings is 3. The van der Waals surface area contributed by atoms with Crippen LogP contribution in [0.15, 0.2) is 170 Å². The molecule has 2 unspecified atom stereocenters. The number of benzene rings is 7. The van der Waals surface area contributed by atoms with Crippen LogP contribution in [0.25, 0.3) is 76.9 Å². The molecule has 1 aliphatic heterocycles. The van der Waals surface area contributed by atoms with Crippen LogP contribution < -0.4 is 10.6 Å². The number of hydrogen-bond acceptors (Lipinski definition) is 6. The van der Waals surface area contributed by atoms with Gasteiger partial charge in [-0.25, -0.2) is 4.99 Å². The fourth-order valence-corrected chi connectivity index (χ4v) is 7.72. The van der Waals surface area contributed by atoms with E-state index in [9.17, 15) is 0 Å². The summed E-state index contributed by atoms with van der Waals surface area (Å²) in [5.41, 5.74) is 10.3. The zero-order valence-corrected chi connectivity index (χ0v) is 27.3. The van der Waals surface area contributed by atoms with Crippen molar-refractivity contribution in [3.05, 3.63) is 168 Å². The van der Waals surface area contributed by atoms with Gasteiger partial charge in [-0.1, -0.05) is 109 Å². The van der Waals surface area contributed by atoms with Crippen LogP contribution in [0.4, 0.5) is 0 Å². The summed E-state index contributed by atoms with van der Waals surface area (Å²) >= 11 is 0. The van der Waals surface area contributed by atoms with Crippen LogP contribution in [0.2, 0.25) is 0 Å². The monoisotopic (exact) mass is 659 g/mol. The van der Waals surface area contributed by atoms with E-state index >= 15 is 0 Å². The molecule has 6 heteroatoms. The average molecular weight is 660 g/mol. The number of nitrogens with one attached hydrogen (secondary N) is 2. The average Bonchev–Trinajstić information content (AvgIpc) is 3.89. The maximum atomic E-state index is 6.90. The molecular formula is C45H29N3O3. The van der Waals surface area contributed by atoms with Gasteiger partial charge >= 0.3 is 0 Å². The maximum absolute atomic E-state index is 6.90. The Bertz CT molecular complexity index is 3000. The normalized spacial score (nSPS) is 16.4. The summed E-state index contributed by atoms with van der Waals surface area (Å²) in [7, 11) is 0. The van der Waals surface area contributed by atoms with Crippen LogP contribution in [0.3, 0.4) is 0 Å². The van der Waals surface area contributed by atoms with E-state index in [0.717, 1.165) is 99.5 Å². The Kier molecular flexibility index (Phi) is 6.05. The van der Waals surface area contributed by atoms with Crippen molar-refractivity contribution in [3.63, 3.8) is 0 Å². The van der Waals surface area contributed by atoms with Crippen molar-refractivity contribution < 1.29 is 13.3 Å². The van der Waals surface area contributed by atoms with Crippen LogP contribution in [-0.4, -0.2) is 5.84 Å². The van der Waals surface area contributed by atoms with Gasteiger partial charge in [0.15, 0.2) is 0 Å². The molecule has 0 spiro atoms. The number of rotatable bonds is 4. The first-order chi connectivity index (χ1) is 25.2. The van der Waals surface area contributed by atoms with E-state index in [-0.39, 0.29) is 12.3 Å². The van der Waals surface area contributed by atoms with Crippen molar-refractivity contribution in [2.45, 2.75) is 12.3 Å². The van der Waals surface area contributed by atoms with Gasteiger partial charge in [0.05, 0.1) is 5.56 Å². The quantitative estimate of drug-likeness (QED) is 0.197.